The van der Waals surface area contributed by atoms with Crippen LogP contribution in [0.25, 0.3) is 11.1 Å². The highest BCUT2D eigenvalue weighted by Crippen LogP contribution is 2.51. The lowest BCUT2D eigenvalue weighted by atomic mass is 10.0. The Labute approximate surface area is 243 Å². The van der Waals surface area contributed by atoms with Crippen LogP contribution in [0.1, 0.15) is 54.4 Å². The van der Waals surface area contributed by atoms with Gasteiger partial charge in [-0.3, -0.25) is 9.59 Å². The molecule has 0 radical (unpaired) electrons. The maximum absolute atomic E-state index is 13.4. The highest BCUT2D eigenvalue weighted by Gasteiger charge is 2.50. The van der Waals surface area contributed by atoms with Crippen LogP contribution in [0.15, 0.2) is 78.9 Å². The van der Waals surface area contributed by atoms with Gasteiger partial charge in [0.25, 0.3) is 5.91 Å². The van der Waals surface area contributed by atoms with E-state index < -0.39 is 6.04 Å². The number of carbonyl (C=O) groups is 2. The van der Waals surface area contributed by atoms with Crippen LogP contribution in [0.5, 0.6) is 5.75 Å². The van der Waals surface area contributed by atoms with Crippen molar-refractivity contribution in [2.75, 3.05) is 40.0 Å². The third kappa shape index (κ3) is 7.34. The van der Waals surface area contributed by atoms with Gasteiger partial charge >= 0.3 is 0 Å². The first-order chi connectivity index (χ1) is 20.0. The number of hydrogen-bond donors (Lipinski definition) is 2. The van der Waals surface area contributed by atoms with Gasteiger partial charge in [0.15, 0.2) is 0 Å². The zero-order valence-corrected chi connectivity index (χ0v) is 24.1. The predicted molar refractivity (Wildman–Crippen MR) is 161 cm³/mol. The number of ether oxygens (including phenoxy) is 2. The molecule has 2 N–H and O–H groups in total. The molecule has 3 atom stereocenters. The first-order valence-electron chi connectivity index (χ1n) is 14.7. The van der Waals surface area contributed by atoms with Gasteiger partial charge in [0, 0.05) is 36.7 Å². The highest BCUT2D eigenvalue weighted by molar-refractivity contribution is 5.98. The maximum atomic E-state index is 13.4. The zero-order valence-electron chi connectivity index (χ0n) is 24.1. The number of nitrogens with zero attached hydrogens (tertiary/aromatic N) is 1. The maximum Gasteiger partial charge on any atom is 0.251 e. The topological polar surface area (TPSA) is 79.9 Å². The minimum atomic E-state index is -0.724. The normalized spacial score (nSPS) is 20.7. The number of nitrogens with one attached hydrogen (secondary N) is 2. The van der Waals surface area contributed by atoms with E-state index in [1.165, 1.54) is 5.56 Å². The van der Waals surface area contributed by atoms with E-state index in [1.54, 1.807) is 19.2 Å². The quantitative estimate of drug-likeness (QED) is 0.307. The molecule has 0 spiro atoms. The van der Waals surface area contributed by atoms with Crippen LogP contribution in [0.3, 0.4) is 0 Å². The molecule has 3 aromatic rings. The molecule has 1 heterocycles. The zero-order chi connectivity index (χ0) is 28.7. The molecule has 7 nitrogen and oxygen atoms in total. The van der Waals surface area contributed by atoms with Gasteiger partial charge in [-0.05, 0) is 73.6 Å². The van der Waals surface area contributed by atoms with E-state index in [1.807, 2.05) is 59.5 Å². The molecule has 1 aliphatic carbocycles. The number of amides is 2. The first-order valence-corrected chi connectivity index (χ1v) is 14.7. The third-order valence-corrected chi connectivity index (χ3v) is 8.34. The SMILES string of the molecule is COc1ccc([C@@H]2C[C@@]2(C)NCCOC[C@H](NC(=O)c2ccc(-c3ccccc3)cc2)C(=O)N2CCCCC2)cc1. The van der Waals surface area contributed by atoms with Gasteiger partial charge in [-0.25, -0.2) is 0 Å². The van der Waals surface area contributed by atoms with Crippen molar-refractivity contribution < 1.29 is 19.1 Å². The van der Waals surface area contributed by atoms with Crippen LogP contribution in [-0.2, 0) is 9.53 Å². The second kappa shape index (κ2) is 13.3. The first kappa shape index (κ1) is 28.8. The molecule has 5 rings (SSSR count). The van der Waals surface area contributed by atoms with Crippen LogP contribution in [0.4, 0.5) is 0 Å². The van der Waals surface area contributed by atoms with Gasteiger partial charge in [0.05, 0.1) is 20.3 Å². The average Bonchev–Trinajstić information content (AvgIpc) is 3.71. The van der Waals surface area contributed by atoms with Gasteiger partial charge in [-0.15, -0.1) is 0 Å². The molecule has 41 heavy (non-hydrogen) atoms. The van der Waals surface area contributed by atoms with Crippen LogP contribution >= 0.6 is 0 Å². The second-order valence-corrected chi connectivity index (χ2v) is 11.3. The predicted octanol–water partition coefficient (Wildman–Crippen LogP) is 5.03. The Hall–Kier alpha value is -3.68. The van der Waals surface area contributed by atoms with Crippen molar-refractivity contribution in [3.05, 3.63) is 90.0 Å². The van der Waals surface area contributed by atoms with Crippen molar-refractivity contribution in [2.45, 2.75) is 50.1 Å². The lowest BCUT2D eigenvalue weighted by Crippen LogP contribution is -2.52. The van der Waals surface area contributed by atoms with Crippen molar-refractivity contribution in [3.8, 4) is 16.9 Å². The molecule has 0 unspecified atom stereocenters. The number of carbonyl (C=O) groups excluding carboxylic acids is 2. The molecular weight excluding hydrogens is 514 g/mol. The van der Waals surface area contributed by atoms with Gasteiger partial charge in [-0.2, -0.15) is 0 Å². The molecular formula is C34H41N3O4. The van der Waals surface area contributed by atoms with E-state index in [-0.39, 0.29) is 24.0 Å². The largest absolute Gasteiger partial charge is 0.497 e. The standard InChI is InChI=1S/C34H41N3O4/c1-34(23-30(34)27-15-17-29(40-2)18-16-27)35-19-22-41-24-31(33(39)37-20-7-4-8-21-37)36-32(38)28-13-11-26(12-14-28)25-9-5-3-6-10-25/h3,5-6,9-18,30-31,35H,4,7-8,19-24H2,1-2H3,(H,36,38)/t30-,31-,34+/m0/s1. The third-order valence-electron chi connectivity index (χ3n) is 8.34. The van der Waals surface area contributed by atoms with Gasteiger partial charge in [0.2, 0.25) is 5.91 Å². The number of benzene rings is 3. The lowest BCUT2D eigenvalue weighted by molar-refractivity contribution is -0.135. The molecule has 216 valence electrons. The Morgan fingerprint density at radius 2 is 1.61 bits per heavy atom. The van der Waals surface area contributed by atoms with Gasteiger partial charge in [0.1, 0.15) is 11.8 Å². The number of rotatable bonds is 12. The molecule has 0 bridgehead atoms. The summed E-state index contributed by atoms with van der Waals surface area (Å²) >= 11 is 0. The van der Waals surface area contributed by atoms with E-state index in [0.717, 1.165) is 55.6 Å². The van der Waals surface area contributed by atoms with E-state index in [9.17, 15) is 9.59 Å². The van der Waals surface area contributed by atoms with Gasteiger partial charge < -0.3 is 25.0 Å². The fourth-order valence-electron chi connectivity index (χ4n) is 5.69. The minimum Gasteiger partial charge on any atom is -0.497 e. The molecule has 1 saturated heterocycles. The summed E-state index contributed by atoms with van der Waals surface area (Å²) in [5.74, 6) is 0.979. The van der Waals surface area contributed by atoms with E-state index in [0.29, 0.717) is 24.6 Å². The summed E-state index contributed by atoms with van der Waals surface area (Å²) in [6.45, 7) is 4.95. The van der Waals surface area contributed by atoms with Crippen LogP contribution in [0, 0.1) is 0 Å². The van der Waals surface area contributed by atoms with Gasteiger partial charge in [-0.1, -0.05) is 54.6 Å². The number of hydrogen-bond acceptors (Lipinski definition) is 5. The number of likely N-dealkylation sites (tertiary alicyclic amines) is 1. The Bertz CT molecular complexity index is 1290. The van der Waals surface area contributed by atoms with Crippen molar-refractivity contribution in [1.82, 2.24) is 15.5 Å². The van der Waals surface area contributed by atoms with Crippen molar-refractivity contribution >= 4 is 11.8 Å². The summed E-state index contributed by atoms with van der Waals surface area (Å²) in [7, 11) is 1.68. The summed E-state index contributed by atoms with van der Waals surface area (Å²) < 4.78 is 11.2. The van der Waals surface area contributed by atoms with Crippen LogP contribution in [0.2, 0.25) is 0 Å². The Balaban J connectivity index is 1.14. The van der Waals surface area contributed by atoms with E-state index >= 15 is 0 Å². The summed E-state index contributed by atoms with van der Waals surface area (Å²) in [5, 5.41) is 6.58. The molecule has 1 saturated carbocycles. The summed E-state index contributed by atoms with van der Waals surface area (Å²) in [6, 6.07) is 25.1. The van der Waals surface area contributed by atoms with Crippen LogP contribution < -0.4 is 15.4 Å². The minimum absolute atomic E-state index is 0.0289. The number of methoxy groups -OCH3 is 1. The Morgan fingerprint density at radius 3 is 2.29 bits per heavy atom. The molecule has 0 aromatic heterocycles. The Kier molecular flexibility index (Phi) is 9.37. The number of piperidine rings is 1. The lowest BCUT2D eigenvalue weighted by Gasteiger charge is -2.30. The molecule has 7 heteroatoms. The summed E-state index contributed by atoms with van der Waals surface area (Å²) in [4.78, 5) is 28.4. The summed E-state index contributed by atoms with van der Waals surface area (Å²) in [5.41, 5.74) is 3.98. The van der Waals surface area contributed by atoms with Crippen molar-refractivity contribution in [1.29, 1.82) is 0 Å². The molecule has 2 fully saturated rings. The highest BCUT2D eigenvalue weighted by atomic mass is 16.5. The molecule has 1 aliphatic heterocycles. The fraction of sp³-hybridized carbons (Fsp3) is 0.412. The van der Waals surface area contributed by atoms with E-state index in [4.69, 9.17) is 9.47 Å². The average molecular weight is 556 g/mol. The van der Waals surface area contributed by atoms with Crippen LogP contribution in [-0.4, -0.2) is 68.3 Å². The monoisotopic (exact) mass is 555 g/mol. The van der Waals surface area contributed by atoms with E-state index in [2.05, 4.69) is 29.7 Å². The fourth-order valence-corrected chi connectivity index (χ4v) is 5.69. The van der Waals surface area contributed by atoms with Crippen molar-refractivity contribution in [3.63, 3.8) is 0 Å². The summed E-state index contributed by atoms with van der Waals surface area (Å²) in [6.07, 6.45) is 4.18. The molecule has 2 amide bonds. The molecule has 2 aliphatic rings. The Morgan fingerprint density at radius 1 is 0.927 bits per heavy atom. The molecule has 3 aromatic carbocycles. The van der Waals surface area contributed by atoms with Crippen molar-refractivity contribution in [2.24, 2.45) is 0 Å². The second-order valence-electron chi connectivity index (χ2n) is 11.3. The smallest absolute Gasteiger partial charge is 0.251 e.